The highest BCUT2D eigenvalue weighted by Gasteiger charge is 2.30. The van der Waals surface area contributed by atoms with Crippen molar-refractivity contribution in [3.8, 4) is 11.5 Å². The fraction of sp³-hybridized carbons (Fsp3) is 0.222. The molecule has 6 heteroatoms. The summed E-state index contributed by atoms with van der Waals surface area (Å²) in [5.74, 6) is 1.07. The Morgan fingerprint density at radius 2 is 1.58 bits per heavy atom. The number of hydrogen-bond donors (Lipinski definition) is 3. The fourth-order valence-electron chi connectivity index (χ4n) is 3.90. The quantitative estimate of drug-likeness (QED) is 0.400. The van der Waals surface area contributed by atoms with Crippen LogP contribution in [0.2, 0.25) is 0 Å². The minimum atomic E-state index is -0.167. The van der Waals surface area contributed by atoms with Crippen LogP contribution in [-0.4, -0.2) is 26.2 Å². The van der Waals surface area contributed by atoms with Crippen LogP contribution in [0.25, 0.3) is 11.3 Å². The van der Waals surface area contributed by atoms with Crippen molar-refractivity contribution in [3.05, 3.63) is 83.4 Å². The minimum Gasteiger partial charge on any atom is -0.490 e. The van der Waals surface area contributed by atoms with E-state index in [1.54, 1.807) is 0 Å². The molecule has 0 aliphatic carbocycles. The molecule has 0 saturated heterocycles. The second kappa shape index (κ2) is 10.2. The molecule has 4 rings (SSSR count). The van der Waals surface area contributed by atoms with Gasteiger partial charge in [-0.2, -0.15) is 0 Å². The molecule has 0 fully saturated rings. The maximum absolute atomic E-state index is 13.2. The van der Waals surface area contributed by atoms with Gasteiger partial charge in [0.15, 0.2) is 11.5 Å². The van der Waals surface area contributed by atoms with Crippen LogP contribution in [0.1, 0.15) is 30.5 Å². The highest BCUT2D eigenvalue weighted by molar-refractivity contribution is 6.37. The monoisotopic (exact) mass is 443 g/mol. The first-order valence-corrected chi connectivity index (χ1v) is 11.2. The number of nitrogens with one attached hydrogen (secondary N) is 3. The molecule has 170 valence electrons. The molecule has 1 amide bonds. The van der Waals surface area contributed by atoms with Crippen molar-refractivity contribution in [1.29, 1.82) is 0 Å². The Morgan fingerprint density at radius 3 is 2.21 bits per heavy atom. The molecule has 0 radical (unpaired) electrons. The lowest BCUT2D eigenvalue weighted by Gasteiger charge is -2.16. The Hall–Kier alpha value is -3.77. The van der Waals surface area contributed by atoms with Crippen molar-refractivity contribution in [2.75, 3.05) is 30.9 Å². The van der Waals surface area contributed by atoms with Gasteiger partial charge in [0, 0.05) is 23.9 Å². The van der Waals surface area contributed by atoms with Gasteiger partial charge >= 0.3 is 0 Å². The number of carbonyl (C=O) groups is 1. The van der Waals surface area contributed by atoms with E-state index in [0.29, 0.717) is 36.0 Å². The Kier molecular flexibility index (Phi) is 6.95. The van der Waals surface area contributed by atoms with Gasteiger partial charge in [-0.15, -0.1) is 0 Å². The third-order valence-corrected chi connectivity index (χ3v) is 5.34. The summed E-state index contributed by atoms with van der Waals surface area (Å²) in [5, 5.41) is 9.65. The molecule has 1 aliphatic heterocycles. The Balaban J connectivity index is 1.84. The number of carbonyl (C=O) groups excluding carboxylic acids is 1. The van der Waals surface area contributed by atoms with E-state index >= 15 is 0 Å². The highest BCUT2D eigenvalue weighted by Crippen LogP contribution is 2.43. The van der Waals surface area contributed by atoms with Gasteiger partial charge in [0.1, 0.15) is 0 Å². The van der Waals surface area contributed by atoms with Crippen LogP contribution in [0, 0.1) is 0 Å². The van der Waals surface area contributed by atoms with Crippen molar-refractivity contribution < 1.29 is 14.3 Å². The van der Waals surface area contributed by atoms with Crippen LogP contribution in [0.4, 0.5) is 11.4 Å². The lowest BCUT2D eigenvalue weighted by atomic mass is 9.99. The molecule has 0 saturated carbocycles. The molecule has 0 atom stereocenters. The maximum atomic E-state index is 13.2. The van der Waals surface area contributed by atoms with E-state index in [4.69, 9.17) is 9.47 Å². The zero-order chi connectivity index (χ0) is 23.2. The molecule has 3 aromatic rings. The number of anilines is 2. The number of ether oxygens (including phenoxy) is 2. The standard InChI is InChI=1S/C27H29N3O3/c1-4-32-23-15-21-22(16-24(23)33-5-2)30-27(31)25(21)26(19-9-7-6-8-10-19)29-20-13-11-18(12-14-20)17-28-3/h6-16,28-29H,4-5,17H2,1-3H3,(H,30,31). The van der Waals surface area contributed by atoms with E-state index in [-0.39, 0.29) is 5.91 Å². The molecular weight excluding hydrogens is 414 g/mol. The number of rotatable bonds is 9. The molecule has 0 spiro atoms. The van der Waals surface area contributed by atoms with Gasteiger partial charge < -0.3 is 25.4 Å². The van der Waals surface area contributed by atoms with Crippen molar-refractivity contribution in [1.82, 2.24) is 5.32 Å². The maximum Gasteiger partial charge on any atom is 0.258 e. The summed E-state index contributed by atoms with van der Waals surface area (Å²) < 4.78 is 11.6. The van der Waals surface area contributed by atoms with Gasteiger partial charge in [-0.05, 0) is 50.2 Å². The second-order valence-electron chi connectivity index (χ2n) is 7.63. The van der Waals surface area contributed by atoms with Crippen LogP contribution >= 0.6 is 0 Å². The zero-order valence-corrected chi connectivity index (χ0v) is 19.2. The molecule has 6 nitrogen and oxygen atoms in total. The van der Waals surface area contributed by atoms with Crippen LogP contribution in [0.15, 0.2) is 66.7 Å². The van der Waals surface area contributed by atoms with E-state index in [1.165, 1.54) is 5.56 Å². The first-order valence-electron chi connectivity index (χ1n) is 11.2. The van der Waals surface area contributed by atoms with Gasteiger partial charge in [-0.1, -0.05) is 42.5 Å². The summed E-state index contributed by atoms with van der Waals surface area (Å²) >= 11 is 0. The third-order valence-electron chi connectivity index (χ3n) is 5.34. The normalized spacial score (nSPS) is 13.8. The molecule has 0 bridgehead atoms. The second-order valence-corrected chi connectivity index (χ2v) is 7.63. The van der Waals surface area contributed by atoms with Gasteiger partial charge in [0.05, 0.1) is 30.2 Å². The molecule has 33 heavy (non-hydrogen) atoms. The Morgan fingerprint density at radius 1 is 0.909 bits per heavy atom. The van der Waals surface area contributed by atoms with E-state index < -0.39 is 0 Å². The molecule has 3 aromatic carbocycles. The smallest absolute Gasteiger partial charge is 0.258 e. The minimum absolute atomic E-state index is 0.167. The van der Waals surface area contributed by atoms with Crippen LogP contribution in [-0.2, 0) is 11.3 Å². The first kappa shape index (κ1) is 22.4. The average Bonchev–Trinajstić information content (AvgIpc) is 3.14. The molecule has 3 N–H and O–H groups in total. The lowest BCUT2D eigenvalue weighted by molar-refractivity contribution is -0.110. The summed E-state index contributed by atoms with van der Waals surface area (Å²) in [7, 11) is 1.92. The van der Waals surface area contributed by atoms with E-state index in [2.05, 4.69) is 28.1 Å². The van der Waals surface area contributed by atoms with Crippen molar-refractivity contribution in [2.24, 2.45) is 0 Å². The van der Waals surface area contributed by atoms with Crippen LogP contribution in [0.3, 0.4) is 0 Å². The largest absolute Gasteiger partial charge is 0.490 e. The Labute approximate surface area is 194 Å². The van der Waals surface area contributed by atoms with Crippen molar-refractivity contribution in [2.45, 2.75) is 20.4 Å². The summed E-state index contributed by atoms with van der Waals surface area (Å²) in [4.78, 5) is 13.2. The van der Waals surface area contributed by atoms with Gasteiger partial charge in [-0.25, -0.2) is 0 Å². The number of amides is 1. The van der Waals surface area contributed by atoms with Crippen LogP contribution < -0.4 is 25.4 Å². The van der Waals surface area contributed by atoms with E-state index in [1.807, 2.05) is 75.5 Å². The number of fused-ring (bicyclic) bond motifs is 1. The van der Waals surface area contributed by atoms with E-state index in [0.717, 1.165) is 29.1 Å². The SMILES string of the molecule is CCOc1cc2c(cc1OCC)C(=C(Nc1ccc(CNC)cc1)c1ccccc1)C(=O)N2. The average molecular weight is 444 g/mol. The topological polar surface area (TPSA) is 71.6 Å². The number of benzene rings is 3. The summed E-state index contributed by atoms with van der Waals surface area (Å²) in [5.41, 5.74) is 5.80. The fourth-order valence-corrected chi connectivity index (χ4v) is 3.90. The van der Waals surface area contributed by atoms with Gasteiger partial charge in [0.2, 0.25) is 0 Å². The first-order chi connectivity index (χ1) is 16.1. The molecule has 0 unspecified atom stereocenters. The summed E-state index contributed by atoms with van der Waals surface area (Å²) in [6.45, 7) is 5.66. The summed E-state index contributed by atoms with van der Waals surface area (Å²) in [6.07, 6.45) is 0. The Bertz CT molecular complexity index is 1160. The molecular formula is C27H29N3O3. The molecule has 1 aliphatic rings. The lowest BCUT2D eigenvalue weighted by Crippen LogP contribution is -2.10. The molecule has 1 heterocycles. The predicted octanol–water partition coefficient (Wildman–Crippen LogP) is 5.14. The summed E-state index contributed by atoms with van der Waals surface area (Å²) in [6, 6.07) is 21.8. The van der Waals surface area contributed by atoms with Crippen molar-refractivity contribution in [3.63, 3.8) is 0 Å². The zero-order valence-electron chi connectivity index (χ0n) is 19.2. The predicted molar refractivity (Wildman–Crippen MR) is 133 cm³/mol. The van der Waals surface area contributed by atoms with Gasteiger partial charge in [-0.3, -0.25) is 4.79 Å². The number of hydrogen-bond acceptors (Lipinski definition) is 5. The van der Waals surface area contributed by atoms with Crippen molar-refractivity contribution >= 4 is 28.6 Å². The van der Waals surface area contributed by atoms with E-state index in [9.17, 15) is 4.79 Å². The molecule has 0 aromatic heterocycles. The third kappa shape index (κ3) is 4.86. The van der Waals surface area contributed by atoms with Gasteiger partial charge in [0.25, 0.3) is 5.91 Å². The highest BCUT2D eigenvalue weighted by atomic mass is 16.5. The van der Waals surface area contributed by atoms with Crippen LogP contribution in [0.5, 0.6) is 11.5 Å².